The van der Waals surface area contributed by atoms with Gasteiger partial charge < -0.3 is 33.8 Å². The third-order valence-corrected chi connectivity index (χ3v) is 20.6. The van der Waals surface area contributed by atoms with E-state index in [0.717, 1.165) is 102 Å². The lowest BCUT2D eigenvalue weighted by atomic mass is 10.0. The molecule has 0 aromatic carbocycles. The van der Waals surface area contributed by atoms with Crippen LogP contribution in [-0.4, -0.2) is 96.7 Å². The van der Waals surface area contributed by atoms with E-state index >= 15 is 0 Å². The lowest BCUT2D eigenvalue weighted by Crippen LogP contribution is -2.30. The van der Waals surface area contributed by atoms with E-state index in [-0.39, 0.29) is 25.7 Å². The summed E-state index contributed by atoms with van der Waals surface area (Å²) in [6.45, 7) is 9.60. The summed E-state index contributed by atoms with van der Waals surface area (Å²) in [6.07, 6.45) is 61.0. The first-order valence-corrected chi connectivity index (χ1v) is 44.5. The Kier molecular flexibility index (Phi) is 70.3. The fraction of sp³-hybridized carbons (Fsp3) is 0.950. The van der Waals surface area contributed by atoms with Gasteiger partial charge in [0.1, 0.15) is 19.3 Å². The number of aliphatic hydroxyl groups excluding tert-OH is 1. The van der Waals surface area contributed by atoms with Crippen molar-refractivity contribution in [1.82, 2.24) is 0 Å². The molecule has 0 amide bonds. The summed E-state index contributed by atoms with van der Waals surface area (Å²) in [6, 6.07) is 0. The number of aliphatic hydroxyl groups is 1. The van der Waals surface area contributed by atoms with Gasteiger partial charge in [0, 0.05) is 25.7 Å². The highest BCUT2D eigenvalue weighted by Gasteiger charge is 2.30. The molecule has 0 aromatic heterocycles. The van der Waals surface area contributed by atoms with E-state index in [4.69, 9.17) is 37.0 Å². The molecule has 0 saturated carbocycles. The summed E-state index contributed by atoms with van der Waals surface area (Å²) in [5.41, 5.74) is 0. The van der Waals surface area contributed by atoms with Gasteiger partial charge in [0.05, 0.1) is 26.4 Å². The monoisotopic (exact) mass is 1450 g/mol. The van der Waals surface area contributed by atoms with Crippen molar-refractivity contribution in [2.75, 3.05) is 39.6 Å². The third-order valence-electron chi connectivity index (χ3n) is 18.7. The van der Waals surface area contributed by atoms with Gasteiger partial charge in [-0.15, -0.1) is 0 Å². The highest BCUT2D eigenvalue weighted by Crippen LogP contribution is 2.45. The molecule has 19 heteroatoms. The first-order chi connectivity index (χ1) is 47.9. The van der Waals surface area contributed by atoms with Crippen molar-refractivity contribution in [2.45, 2.75) is 439 Å². The van der Waals surface area contributed by atoms with Crippen molar-refractivity contribution < 1.29 is 80.2 Å². The number of rotatable bonds is 79. The Morgan fingerprint density at radius 3 is 0.687 bits per heavy atom. The van der Waals surface area contributed by atoms with Gasteiger partial charge in [-0.05, 0) is 37.5 Å². The predicted molar refractivity (Wildman–Crippen MR) is 405 cm³/mol. The summed E-state index contributed by atoms with van der Waals surface area (Å²) in [5.74, 6) is -0.613. The number of phosphoric acid groups is 2. The summed E-state index contributed by atoms with van der Waals surface area (Å²) in [7, 11) is -9.92. The zero-order chi connectivity index (χ0) is 72.8. The maximum Gasteiger partial charge on any atom is 0.472 e. The molecule has 3 N–H and O–H groups in total. The highest BCUT2D eigenvalue weighted by molar-refractivity contribution is 7.47. The Morgan fingerprint density at radius 1 is 0.273 bits per heavy atom. The minimum absolute atomic E-state index is 0.106. The maximum absolute atomic E-state index is 13.1. The molecule has 0 saturated heterocycles. The molecule has 99 heavy (non-hydrogen) atoms. The van der Waals surface area contributed by atoms with Crippen LogP contribution in [0.15, 0.2) is 0 Å². The van der Waals surface area contributed by atoms with Gasteiger partial charge in [-0.25, -0.2) is 9.13 Å². The van der Waals surface area contributed by atoms with Crippen LogP contribution in [0, 0.1) is 11.8 Å². The zero-order valence-electron chi connectivity index (χ0n) is 64.8. The molecule has 588 valence electrons. The number of ether oxygens (including phenoxy) is 4. The maximum atomic E-state index is 13.1. The molecule has 5 atom stereocenters. The number of unbranched alkanes of at least 4 members (excludes halogenated alkanes) is 49. The highest BCUT2D eigenvalue weighted by atomic mass is 31.2. The Balaban J connectivity index is 5.26. The summed E-state index contributed by atoms with van der Waals surface area (Å²) in [4.78, 5) is 73.0. The van der Waals surface area contributed by atoms with Crippen LogP contribution in [0.3, 0.4) is 0 Å². The van der Waals surface area contributed by atoms with Crippen molar-refractivity contribution in [2.24, 2.45) is 11.8 Å². The van der Waals surface area contributed by atoms with Crippen molar-refractivity contribution in [3.05, 3.63) is 0 Å². The number of hydrogen-bond donors (Lipinski definition) is 3. The van der Waals surface area contributed by atoms with E-state index in [0.29, 0.717) is 25.7 Å². The predicted octanol–water partition coefficient (Wildman–Crippen LogP) is 23.9. The van der Waals surface area contributed by atoms with Gasteiger partial charge in [-0.2, -0.15) is 0 Å². The van der Waals surface area contributed by atoms with Crippen molar-refractivity contribution in [1.29, 1.82) is 0 Å². The average Bonchev–Trinajstić information content (AvgIpc) is 1.02. The van der Waals surface area contributed by atoms with Crippen LogP contribution in [0.4, 0.5) is 0 Å². The standard InChI is InChI=1S/C80H156O17P2/c1-7-9-11-13-15-17-19-21-23-25-26-28-30-32-39-46-52-58-64-79(84)96-75(68-90-77(82)62-56-50-44-38-31-29-27-24-22-20-18-16-14-12-10-8-2)70-94-98(86,87)92-66-74(81)67-93-99(88,89)95-71-76(69-91-78(83)63-57-51-45-41-35-37-43-49-55-61-73(5)6)97-80(85)65-59-53-47-40-34-33-36-42-48-54-60-72(3)4/h72-76,81H,7-71H2,1-6H3,(H,86,87)(H,88,89)/t74-,75-,76-/m1/s1. The van der Waals surface area contributed by atoms with Gasteiger partial charge in [0.2, 0.25) is 0 Å². The quantitative estimate of drug-likeness (QED) is 0.0222. The lowest BCUT2D eigenvalue weighted by molar-refractivity contribution is -0.161. The van der Waals surface area contributed by atoms with E-state index in [9.17, 15) is 43.2 Å². The topological polar surface area (TPSA) is 237 Å². The molecule has 17 nitrogen and oxygen atoms in total. The zero-order valence-corrected chi connectivity index (χ0v) is 66.6. The van der Waals surface area contributed by atoms with Crippen LogP contribution < -0.4 is 0 Å². The molecular weight excluding hydrogens is 1290 g/mol. The van der Waals surface area contributed by atoms with E-state index in [1.165, 1.54) is 238 Å². The molecule has 0 heterocycles. The lowest BCUT2D eigenvalue weighted by Gasteiger charge is -2.21. The molecule has 0 radical (unpaired) electrons. The number of esters is 4. The van der Waals surface area contributed by atoms with E-state index in [1.54, 1.807) is 0 Å². The SMILES string of the molecule is CCCCCCCCCCCCCCCCCCCCC(=O)O[C@H](COC(=O)CCCCCCCCCCCCCCCCCC)COP(=O)(O)OC[C@@H](O)COP(=O)(O)OC[C@@H](COC(=O)CCCCCCCCCCCC(C)C)OC(=O)CCCCCCCCCCCCC(C)C. The molecular formula is C80H156O17P2. The second-order valence-electron chi connectivity index (χ2n) is 29.8. The van der Waals surface area contributed by atoms with Gasteiger partial charge in [-0.1, -0.05) is 369 Å². The Labute approximate surface area is 607 Å². The molecule has 0 rings (SSSR count). The molecule has 0 bridgehead atoms. The van der Waals surface area contributed by atoms with Crippen LogP contribution in [0.25, 0.3) is 0 Å². The van der Waals surface area contributed by atoms with Gasteiger partial charge in [0.25, 0.3) is 0 Å². The third kappa shape index (κ3) is 74.1. The molecule has 2 unspecified atom stereocenters. The van der Waals surface area contributed by atoms with Crippen molar-refractivity contribution in [3.8, 4) is 0 Å². The summed E-state index contributed by atoms with van der Waals surface area (Å²) in [5, 5.41) is 10.6. The van der Waals surface area contributed by atoms with Crippen LogP contribution in [0.5, 0.6) is 0 Å². The number of hydrogen-bond acceptors (Lipinski definition) is 15. The number of carbonyl (C=O) groups excluding carboxylic acids is 4. The molecule has 0 aliphatic heterocycles. The van der Waals surface area contributed by atoms with Gasteiger partial charge in [-0.3, -0.25) is 37.3 Å². The first kappa shape index (κ1) is 97.1. The number of carbonyl (C=O) groups is 4. The average molecular weight is 1450 g/mol. The largest absolute Gasteiger partial charge is 0.472 e. The molecule has 0 aliphatic rings. The van der Waals surface area contributed by atoms with Crippen molar-refractivity contribution in [3.63, 3.8) is 0 Å². The van der Waals surface area contributed by atoms with Crippen LogP contribution in [0.1, 0.15) is 420 Å². The number of phosphoric ester groups is 2. The van der Waals surface area contributed by atoms with Gasteiger partial charge >= 0.3 is 39.5 Å². The molecule has 0 aromatic rings. The van der Waals surface area contributed by atoms with E-state index < -0.39 is 97.5 Å². The Bertz CT molecular complexity index is 1910. The minimum Gasteiger partial charge on any atom is -0.462 e. The van der Waals surface area contributed by atoms with E-state index in [2.05, 4.69) is 41.5 Å². The smallest absolute Gasteiger partial charge is 0.462 e. The minimum atomic E-state index is -4.96. The molecule has 0 spiro atoms. The first-order valence-electron chi connectivity index (χ1n) is 41.5. The summed E-state index contributed by atoms with van der Waals surface area (Å²) >= 11 is 0. The van der Waals surface area contributed by atoms with Crippen LogP contribution in [0.2, 0.25) is 0 Å². The van der Waals surface area contributed by atoms with Crippen LogP contribution in [-0.2, 0) is 65.4 Å². The van der Waals surface area contributed by atoms with Crippen LogP contribution >= 0.6 is 15.6 Å². The van der Waals surface area contributed by atoms with Crippen molar-refractivity contribution >= 4 is 39.5 Å². The molecule has 0 aliphatic carbocycles. The second-order valence-corrected chi connectivity index (χ2v) is 32.7. The van der Waals surface area contributed by atoms with E-state index in [1.807, 2.05) is 0 Å². The Hall–Kier alpha value is -1.94. The molecule has 0 fully saturated rings. The fourth-order valence-electron chi connectivity index (χ4n) is 12.4. The second kappa shape index (κ2) is 71.7. The Morgan fingerprint density at radius 2 is 0.465 bits per heavy atom. The van der Waals surface area contributed by atoms with Gasteiger partial charge in [0.15, 0.2) is 12.2 Å². The summed E-state index contributed by atoms with van der Waals surface area (Å²) < 4.78 is 68.7. The fourth-order valence-corrected chi connectivity index (χ4v) is 13.9. The normalized spacial score (nSPS) is 13.9.